The van der Waals surface area contributed by atoms with E-state index in [1.807, 2.05) is 73.7 Å². The van der Waals surface area contributed by atoms with E-state index in [9.17, 15) is 10.1 Å². The predicted molar refractivity (Wildman–Crippen MR) is 128 cm³/mol. The smallest absolute Gasteiger partial charge is 0.266 e. The van der Waals surface area contributed by atoms with Gasteiger partial charge in [0.05, 0.1) is 0 Å². The maximum Gasteiger partial charge on any atom is 0.266 e. The highest BCUT2D eigenvalue weighted by molar-refractivity contribution is 6.09. The number of rotatable bonds is 6. The Bertz CT molecular complexity index is 1350. The number of para-hydroxylation sites is 1. The van der Waals surface area contributed by atoms with Crippen LogP contribution >= 0.6 is 0 Å². The van der Waals surface area contributed by atoms with E-state index >= 15 is 0 Å². The summed E-state index contributed by atoms with van der Waals surface area (Å²) in [6.45, 7) is 2.33. The lowest BCUT2D eigenvalue weighted by Crippen LogP contribution is -2.13. The molecule has 32 heavy (non-hydrogen) atoms. The molecule has 0 aliphatic heterocycles. The topological polar surface area (TPSA) is 62.1 Å². The summed E-state index contributed by atoms with van der Waals surface area (Å²) in [5.74, 6) is 0.152. The van der Waals surface area contributed by atoms with Crippen LogP contribution in [-0.4, -0.2) is 5.91 Å². The van der Waals surface area contributed by atoms with E-state index in [1.165, 1.54) is 5.39 Å². The van der Waals surface area contributed by atoms with E-state index in [0.717, 1.165) is 16.5 Å². The average Bonchev–Trinajstić information content (AvgIpc) is 2.81. The number of benzene rings is 4. The minimum atomic E-state index is -0.456. The fourth-order valence-electron chi connectivity index (χ4n) is 3.45. The molecule has 1 N–H and O–H groups in total. The number of nitrogens with zero attached hydrogens (tertiary/aromatic N) is 1. The first-order valence-electron chi connectivity index (χ1n) is 10.3. The molecule has 0 saturated carbocycles. The predicted octanol–water partition coefficient (Wildman–Crippen LogP) is 6.27. The fraction of sp³-hybridized carbons (Fsp3) is 0.0714. The van der Waals surface area contributed by atoms with Crippen LogP contribution < -0.4 is 10.1 Å². The zero-order chi connectivity index (χ0) is 22.3. The highest BCUT2D eigenvalue weighted by Gasteiger charge is 2.11. The molecule has 0 aliphatic carbocycles. The molecule has 0 aromatic heterocycles. The number of nitriles is 1. The van der Waals surface area contributed by atoms with Gasteiger partial charge in [-0.25, -0.2) is 0 Å². The zero-order valence-electron chi connectivity index (χ0n) is 17.7. The van der Waals surface area contributed by atoms with Crippen LogP contribution in [0.2, 0.25) is 0 Å². The molecule has 4 nitrogen and oxygen atoms in total. The van der Waals surface area contributed by atoms with Crippen LogP contribution in [0.5, 0.6) is 5.75 Å². The van der Waals surface area contributed by atoms with Gasteiger partial charge in [0.2, 0.25) is 0 Å². The van der Waals surface area contributed by atoms with Gasteiger partial charge in [0.1, 0.15) is 24.0 Å². The first kappa shape index (κ1) is 20.9. The van der Waals surface area contributed by atoms with E-state index in [0.29, 0.717) is 23.6 Å². The van der Waals surface area contributed by atoms with Crippen molar-refractivity contribution in [3.8, 4) is 11.8 Å². The van der Waals surface area contributed by atoms with Crippen molar-refractivity contribution in [2.24, 2.45) is 0 Å². The molecular formula is C28H22N2O2. The Morgan fingerprint density at radius 2 is 1.72 bits per heavy atom. The van der Waals surface area contributed by atoms with E-state index < -0.39 is 5.91 Å². The SMILES string of the molecule is Cc1cccc(NC(=O)/C(C#N)=C/c2ccccc2OCc2ccc3ccccc3c2)c1. The molecule has 0 saturated heterocycles. The van der Waals surface area contributed by atoms with Crippen LogP contribution in [0.4, 0.5) is 5.69 Å². The lowest BCUT2D eigenvalue weighted by atomic mass is 10.1. The second kappa shape index (κ2) is 9.63. The van der Waals surface area contributed by atoms with Crippen molar-refractivity contribution in [3.63, 3.8) is 0 Å². The van der Waals surface area contributed by atoms with Crippen molar-refractivity contribution in [2.75, 3.05) is 5.32 Å². The second-order valence-corrected chi connectivity index (χ2v) is 7.50. The molecule has 0 bridgehead atoms. The van der Waals surface area contributed by atoms with Crippen molar-refractivity contribution in [3.05, 3.63) is 113 Å². The molecule has 4 aromatic rings. The molecule has 0 spiro atoms. The minimum Gasteiger partial charge on any atom is -0.488 e. The maximum atomic E-state index is 12.6. The van der Waals surface area contributed by atoms with E-state index in [-0.39, 0.29) is 5.57 Å². The minimum absolute atomic E-state index is 0.00765. The molecule has 4 aromatic carbocycles. The van der Waals surface area contributed by atoms with Crippen molar-refractivity contribution >= 4 is 28.4 Å². The summed E-state index contributed by atoms with van der Waals surface area (Å²) in [4.78, 5) is 12.6. The van der Waals surface area contributed by atoms with Crippen molar-refractivity contribution < 1.29 is 9.53 Å². The lowest BCUT2D eigenvalue weighted by Gasteiger charge is -2.11. The van der Waals surface area contributed by atoms with Crippen LogP contribution in [0.25, 0.3) is 16.8 Å². The van der Waals surface area contributed by atoms with Gasteiger partial charge in [-0.05, 0) is 59.2 Å². The van der Waals surface area contributed by atoms with Crippen molar-refractivity contribution in [1.82, 2.24) is 0 Å². The van der Waals surface area contributed by atoms with Crippen LogP contribution in [-0.2, 0) is 11.4 Å². The Balaban J connectivity index is 1.52. The number of hydrogen-bond donors (Lipinski definition) is 1. The molecule has 0 heterocycles. The summed E-state index contributed by atoms with van der Waals surface area (Å²) in [5, 5.41) is 14.7. The number of ether oxygens (including phenoxy) is 1. The zero-order valence-corrected chi connectivity index (χ0v) is 17.7. The number of carbonyl (C=O) groups is 1. The summed E-state index contributed by atoms with van der Waals surface area (Å²) < 4.78 is 6.05. The summed E-state index contributed by atoms with van der Waals surface area (Å²) in [6.07, 6.45) is 1.56. The molecule has 0 aliphatic rings. The Hall–Kier alpha value is -4.36. The molecule has 4 rings (SSSR count). The Morgan fingerprint density at radius 3 is 2.53 bits per heavy atom. The third-order valence-corrected chi connectivity index (χ3v) is 5.07. The van der Waals surface area contributed by atoms with Gasteiger partial charge in [-0.15, -0.1) is 0 Å². The van der Waals surface area contributed by atoms with Crippen LogP contribution in [0, 0.1) is 18.3 Å². The molecule has 0 atom stereocenters. The summed E-state index contributed by atoms with van der Waals surface area (Å²) in [5.41, 5.74) is 3.40. The monoisotopic (exact) mass is 418 g/mol. The first-order chi connectivity index (χ1) is 15.6. The Labute approximate surface area is 187 Å². The molecule has 156 valence electrons. The van der Waals surface area contributed by atoms with Gasteiger partial charge in [-0.1, -0.05) is 66.7 Å². The van der Waals surface area contributed by atoms with Crippen LogP contribution in [0.3, 0.4) is 0 Å². The largest absolute Gasteiger partial charge is 0.488 e. The molecule has 4 heteroatoms. The van der Waals surface area contributed by atoms with Gasteiger partial charge in [0.25, 0.3) is 5.91 Å². The normalized spacial score (nSPS) is 11.1. The molecule has 1 amide bonds. The Kier molecular flexibility index (Phi) is 6.29. The van der Waals surface area contributed by atoms with E-state index in [1.54, 1.807) is 12.1 Å². The molecule has 0 radical (unpaired) electrons. The number of carbonyl (C=O) groups excluding carboxylic acids is 1. The average molecular weight is 418 g/mol. The third-order valence-electron chi connectivity index (χ3n) is 5.07. The van der Waals surface area contributed by atoms with Gasteiger partial charge in [-0.3, -0.25) is 4.79 Å². The number of nitrogens with one attached hydrogen (secondary N) is 1. The highest BCUT2D eigenvalue weighted by Crippen LogP contribution is 2.24. The first-order valence-corrected chi connectivity index (χ1v) is 10.3. The maximum absolute atomic E-state index is 12.6. The number of amides is 1. The van der Waals surface area contributed by atoms with Gasteiger partial charge in [-0.2, -0.15) is 5.26 Å². The highest BCUT2D eigenvalue weighted by atomic mass is 16.5. The van der Waals surface area contributed by atoms with Crippen molar-refractivity contribution in [2.45, 2.75) is 13.5 Å². The fourth-order valence-corrected chi connectivity index (χ4v) is 3.45. The molecule has 0 unspecified atom stereocenters. The van der Waals surface area contributed by atoms with E-state index in [2.05, 4.69) is 29.6 Å². The van der Waals surface area contributed by atoms with Gasteiger partial charge in [0.15, 0.2) is 0 Å². The number of fused-ring (bicyclic) bond motifs is 1. The summed E-state index contributed by atoms with van der Waals surface area (Å²) >= 11 is 0. The lowest BCUT2D eigenvalue weighted by molar-refractivity contribution is -0.112. The summed E-state index contributed by atoms with van der Waals surface area (Å²) in [7, 11) is 0. The van der Waals surface area contributed by atoms with Gasteiger partial charge >= 0.3 is 0 Å². The van der Waals surface area contributed by atoms with Gasteiger partial charge < -0.3 is 10.1 Å². The number of aryl methyl sites for hydroxylation is 1. The second-order valence-electron chi connectivity index (χ2n) is 7.50. The van der Waals surface area contributed by atoms with Crippen molar-refractivity contribution in [1.29, 1.82) is 5.26 Å². The van der Waals surface area contributed by atoms with Gasteiger partial charge in [0, 0.05) is 11.3 Å². The molecule has 0 fully saturated rings. The third kappa shape index (κ3) is 5.03. The van der Waals surface area contributed by atoms with E-state index in [4.69, 9.17) is 4.74 Å². The standard InChI is InChI=1S/C28H22N2O2/c1-20-7-6-11-26(15-20)30-28(31)25(18-29)17-24-10-4-5-12-27(24)32-19-21-13-14-22-8-2-3-9-23(22)16-21/h2-17H,19H2,1H3,(H,30,31)/b25-17+. The summed E-state index contributed by atoms with van der Waals surface area (Å²) in [6, 6.07) is 31.2. The quantitative estimate of drug-likeness (QED) is 0.296. The van der Waals surface area contributed by atoms with Crippen LogP contribution in [0.15, 0.2) is 96.6 Å². The molecular weight excluding hydrogens is 396 g/mol. The number of anilines is 1. The Morgan fingerprint density at radius 1 is 0.938 bits per heavy atom. The van der Waals surface area contributed by atoms with Crippen LogP contribution in [0.1, 0.15) is 16.7 Å². The number of hydrogen-bond acceptors (Lipinski definition) is 3.